The van der Waals surface area contributed by atoms with Crippen molar-refractivity contribution in [2.75, 3.05) is 20.3 Å². The summed E-state index contributed by atoms with van der Waals surface area (Å²) >= 11 is 6.04. The Hall–Kier alpha value is -0.770. The number of likely N-dealkylation sites (tertiary alicyclic amines) is 1. The molecule has 0 radical (unpaired) electrons. The van der Waals surface area contributed by atoms with Crippen LogP contribution in [0.15, 0.2) is 18.2 Å². The summed E-state index contributed by atoms with van der Waals surface area (Å²) in [6.07, 6.45) is 3.47. The molecular weight excluding hydrogens is 250 g/mol. The molecule has 100 valence electrons. The highest BCUT2D eigenvalue weighted by atomic mass is 35.5. The van der Waals surface area contributed by atoms with Gasteiger partial charge >= 0.3 is 0 Å². The Morgan fingerprint density at radius 2 is 2.28 bits per heavy atom. The number of hydrogen-bond donors (Lipinski definition) is 1. The van der Waals surface area contributed by atoms with Crippen LogP contribution < -0.4 is 4.74 Å². The maximum Gasteiger partial charge on any atom is 0.123 e. The molecule has 1 aromatic carbocycles. The van der Waals surface area contributed by atoms with E-state index >= 15 is 0 Å². The van der Waals surface area contributed by atoms with Crippen molar-refractivity contribution in [1.82, 2.24) is 4.90 Å². The fourth-order valence-electron chi connectivity index (χ4n) is 2.56. The summed E-state index contributed by atoms with van der Waals surface area (Å²) in [6.45, 7) is 2.04. The summed E-state index contributed by atoms with van der Waals surface area (Å²) < 4.78 is 5.36. The first kappa shape index (κ1) is 13.7. The lowest BCUT2D eigenvalue weighted by atomic mass is 10.0. The van der Waals surface area contributed by atoms with Crippen LogP contribution in [-0.4, -0.2) is 36.3 Å². The van der Waals surface area contributed by atoms with Crippen molar-refractivity contribution >= 4 is 11.6 Å². The standard InChI is InChI=1S/C14H20ClNO2/c1-18-14-6-5-12(15)8-11(14)9-16-7-3-2-4-13(16)10-17/h5-6,8,13,17H,2-4,7,9-10H2,1H3. The van der Waals surface area contributed by atoms with E-state index in [1.54, 1.807) is 7.11 Å². The smallest absolute Gasteiger partial charge is 0.123 e. The van der Waals surface area contributed by atoms with Gasteiger partial charge in [-0.2, -0.15) is 0 Å². The summed E-state index contributed by atoms with van der Waals surface area (Å²) in [7, 11) is 1.67. The third-order valence-electron chi connectivity index (χ3n) is 3.58. The lowest BCUT2D eigenvalue weighted by Crippen LogP contribution is -2.41. The van der Waals surface area contributed by atoms with E-state index in [1.807, 2.05) is 18.2 Å². The van der Waals surface area contributed by atoms with Crippen molar-refractivity contribution < 1.29 is 9.84 Å². The zero-order valence-corrected chi connectivity index (χ0v) is 11.5. The molecule has 0 amide bonds. The molecule has 0 aliphatic carbocycles. The second kappa shape index (κ2) is 6.41. The van der Waals surface area contributed by atoms with Gasteiger partial charge in [0.1, 0.15) is 5.75 Å². The SMILES string of the molecule is COc1ccc(Cl)cc1CN1CCCCC1CO. The molecule has 0 saturated carbocycles. The second-order valence-electron chi connectivity index (χ2n) is 4.76. The van der Waals surface area contributed by atoms with Gasteiger partial charge in [-0.05, 0) is 37.6 Å². The molecule has 18 heavy (non-hydrogen) atoms. The van der Waals surface area contributed by atoms with E-state index in [9.17, 15) is 5.11 Å². The number of benzene rings is 1. The average molecular weight is 270 g/mol. The number of piperidine rings is 1. The number of halogens is 1. The van der Waals surface area contributed by atoms with Crippen LogP contribution in [0.3, 0.4) is 0 Å². The molecule has 1 aromatic rings. The molecule has 0 bridgehead atoms. The van der Waals surface area contributed by atoms with Gasteiger partial charge in [0, 0.05) is 23.2 Å². The molecule has 1 fully saturated rings. The molecule has 1 saturated heterocycles. The molecule has 1 N–H and O–H groups in total. The number of ether oxygens (including phenoxy) is 1. The number of nitrogens with zero attached hydrogens (tertiary/aromatic N) is 1. The number of methoxy groups -OCH3 is 1. The molecular formula is C14H20ClNO2. The minimum Gasteiger partial charge on any atom is -0.496 e. The highest BCUT2D eigenvalue weighted by Gasteiger charge is 2.22. The van der Waals surface area contributed by atoms with Crippen LogP contribution in [-0.2, 0) is 6.54 Å². The minimum atomic E-state index is 0.225. The number of rotatable bonds is 4. The van der Waals surface area contributed by atoms with Crippen LogP contribution in [0, 0.1) is 0 Å². The van der Waals surface area contributed by atoms with Gasteiger partial charge in [0.05, 0.1) is 13.7 Å². The fraction of sp³-hybridized carbons (Fsp3) is 0.571. The average Bonchev–Trinajstić information content (AvgIpc) is 2.40. The zero-order chi connectivity index (χ0) is 13.0. The first-order valence-electron chi connectivity index (χ1n) is 6.42. The predicted molar refractivity (Wildman–Crippen MR) is 73.1 cm³/mol. The summed E-state index contributed by atoms with van der Waals surface area (Å²) in [5.41, 5.74) is 1.09. The summed E-state index contributed by atoms with van der Waals surface area (Å²) in [5, 5.41) is 10.1. The molecule has 1 aliphatic rings. The normalized spacial score (nSPS) is 20.9. The van der Waals surface area contributed by atoms with Gasteiger partial charge in [-0.15, -0.1) is 0 Å². The number of aliphatic hydroxyl groups is 1. The number of hydrogen-bond acceptors (Lipinski definition) is 3. The summed E-state index contributed by atoms with van der Waals surface area (Å²) in [4.78, 5) is 2.32. The third-order valence-corrected chi connectivity index (χ3v) is 3.81. The highest BCUT2D eigenvalue weighted by molar-refractivity contribution is 6.30. The Balaban J connectivity index is 2.14. The molecule has 1 aliphatic heterocycles. The summed E-state index contributed by atoms with van der Waals surface area (Å²) in [6, 6.07) is 5.95. The molecule has 4 heteroatoms. The molecule has 3 nitrogen and oxygen atoms in total. The minimum absolute atomic E-state index is 0.225. The summed E-state index contributed by atoms with van der Waals surface area (Å²) in [5.74, 6) is 0.863. The van der Waals surface area contributed by atoms with Crippen LogP contribution in [0.5, 0.6) is 5.75 Å². The highest BCUT2D eigenvalue weighted by Crippen LogP contribution is 2.26. The Kier molecular flexibility index (Phi) is 4.87. The Morgan fingerprint density at radius 1 is 1.44 bits per heavy atom. The van der Waals surface area contributed by atoms with Crippen molar-refractivity contribution in [3.8, 4) is 5.75 Å². The molecule has 0 aromatic heterocycles. The van der Waals surface area contributed by atoms with E-state index in [2.05, 4.69) is 4.90 Å². The van der Waals surface area contributed by atoms with E-state index in [-0.39, 0.29) is 12.6 Å². The first-order chi connectivity index (χ1) is 8.74. The Bertz CT molecular complexity index is 397. The van der Waals surface area contributed by atoms with Crippen molar-refractivity contribution in [3.63, 3.8) is 0 Å². The maximum atomic E-state index is 9.42. The monoisotopic (exact) mass is 269 g/mol. The second-order valence-corrected chi connectivity index (χ2v) is 5.20. The molecule has 2 rings (SSSR count). The van der Waals surface area contributed by atoms with E-state index in [4.69, 9.17) is 16.3 Å². The van der Waals surface area contributed by atoms with E-state index in [0.717, 1.165) is 35.8 Å². The van der Waals surface area contributed by atoms with Crippen LogP contribution in [0.25, 0.3) is 0 Å². The third kappa shape index (κ3) is 3.16. The lowest BCUT2D eigenvalue weighted by molar-refractivity contribution is 0.0834. The largest absolute Gasteiger partial charge is 0.496 e. The fourth-order valence-corrected chi connectivity index (χ4v) is 2.76. The van der Waals surface area contributed by atoms with Gasteiger partial charge < -0.3 is 9.84 Å². The maximum absolute atomic E-state index is 9.42. The Morgan fingerprint density at radius 3 is 3.00 bits per heavy atom. The van der Waals surface area contributed by atoms with Gasteiger partial charge in [0.15, 0.2) is 0 Å². The van der Waals surface area contributed by atoms with Crippen molar-refractivity contribution in [1.29, 1.82) is 0 Å². The van der Waals surface area contributed by atoms with Gasteiger partial charge in [-0.25, -0.2) is 0 Å². The van der Waals surface area contributed by atoms with Crippen molar-refractivity contribution in [3.05, 3.63) is 28.8 Å². The van der Waals surface area contributed by atoms with Crippen molar-refractivity contribution in [2.45, 2.75) is 31.8 Å². The topological polar surface area (TPSA) is 32.7 Å². The number of aliphatic hydroxyl groups excluding tert-OH is 1. The van der Waals surface area contributed by atoms with Gasteiger partial charge in [0.2, 0.25) is 0 Å². The van der Waals surface area contributed by atoms with Gasteiger partial charge in [0.25, 0.3) is 0 Å². The van der Waals surface area contributed by atoms with E-state index < -0.39 is 0 Å². The van der Waals surface area contributed by atoms with Crippen LogP contribution in [0.2, 0.25) is 5.02 Å². The van der Waals surface area contributed by atoms with Gasteiger partial charge in [-0.3, -0.25) is 4.90 Å². The molecule has 1 heterocycles. The van der Waals surface area contributed by atoms with E-state index in [1.165, 1.54) is 12.8 Å². The zero-order valence-electron chi connectivity index (χ0n) is 10.7. The van der Waals surface area contributed by atoms with Crippen LogP contribution in [0.1, 0.15) is 24.8 Å². The Labute approximate surface area is 113 Å². The van der Waals surface area contributed by atoms with Crippen LogP contribution >= 0.6 is 11.6 Å². The van der Waals surface area contributed by atoms with Gasteiger partial charge in [-0.1, -0.05) is 18.0 Å². The molecule has 1 atom stereocenters. The first-order valence-corrected chi connectivity index (χ1v) is 6.79. The van der Waals surface area contributed by atoms with E-state index in [0.29, 0.717) is 0 Å². The molecule has 0 spiro atoms. The lowest BCUT2D eigenvalue weighted by Gasteiger charge is -2.34. The van der Waals surface area contributed by atoms with Crippen molar-refractivity contribution in [2.24, 2.45) is 0 Å². The van der Waals surface area contributed by atoms with Crippen LogP contribution in [0.4, 0.5) is 0 Å². The molecule has 1 unspecified atom stereocenters. The quantitative estimate of drug-likeness (QED) is 0.912. The predicted octanol–water partition coefficient (Wildman–Crippen LogP) is 2.70.